The fraction of sp³-hybridized carbons (Fsp3) is 0.158. The third-order valence-electron chi connectivity index (χ3n) is 3.57. The van der Waals surface area contributed by atoms with Gasteiger partial charge in [-0.3, -0.25) is 4.79 Å². The van der Waals surface area contributed by atoms with Crippen molar-refractivity contribution in [2.75, 3.05) is 24.3 Å². The first-order valence-corrected chi connectivity index (χ1v) is 7.69. The number of hydrogen-bond acceptors (Lipinski definition) is 4. The molecule has 1 N–H and O–H groups in total. The van der Waals surface area contributed by atoms with Crippen molar-refractivity contribution in [2.45, 2.75) is 6.42 Å². The molecular formula is C19H19N3O2. The number of benzene rings is 2. The van der Waals surface area contributed by atoms with Gasteiger partial charge in [-0.25, -0.2) is 4.98 Å². The Bertz CT molecular complexity index is 825. The van der Waals surface area contributed by atoms with Crippen molar-refractivity contribution in [1.82, 2.24) is 4.98 Å². The average Bonchev–Trinajstić information content (AvgIpc) is 3.04. The van der Waals surface area contributed by atoms with Crippen LogP contribution in [0.15, 0.2) is 65.3 Å². The van der Waals surface area contributed by atoms with E-state index in [2.05, 4.69) is 10.3 Å². The topological polar surface area (TPSA) is 58.4 Å². The summed E-state index contributed by atoms with van der Waals surface area (Å²) in [5.41, 5.74) is 3.23. The summed E-state index contributed by atoms with van der Waals surface area (Å²) in [5.74, 6) is 0.393. The zero-order chi connectivity index (χ0) is 16.9. The van der Waals surface area contributed by atoms with E-state index in [4.69, 9.17) is 4.42 Å². The largest absolute Gasteiger partial charge is 0.444 e. The van der Waals surface area contributed by atoms with Crippen molar-refractivity contribution >= 4 is 17.3 Å². The third kappa shape index (κ3) is 3.63. The number of oxazole rings is 1. The van der Waals surface area contributed by atoms with Crippen molar-refractivity contribution in [3.05, 3.63) is 66.6 Å². The number of carbonyl (C=O) groups excluding carboxylic acids is 1. The van der Waals surface area contributed by atoms with Crippen molar-refractivity contribution in [3.8, 4) is 11.5 Å². The number of hydrogen-bond donors (Lipinski definition) is 1. The normalized spacial score (nSPS) is 10.4. The molecule has 0 atom stereocenters. The molecule has 122 valence electrons. The number of anilines is 2. The standard InChI is InChI=1S/C19H19N3O2/c1-22(2)17-11-7-6-10-16(17)21-18(23)12-15-13-24-19(20-15)14-8-4-3-5-9-14/h3-11,13H,12H2,1-2H3,(H,21,23). The molecule has 0 aliphatic heterocycles. The molecule has 0 spiro atoms. The number of nitrogens with zero attached hydrogens (tertiary/aromatic N) is 2. The first-order valence-electron chi connectivity index (χ1n) is 7.69. The molecular weight excluding hydrogens is 302 g/mol. The highest BCUT2D eigenvalue weighted by atomic mass is 16.3. The minimum atomic E-state index is -0.128. The SMILES string of the molecule is CN(C)c1ccccc1NC(=O)Cc1coc(-c2ccccc2)n1. The van der Waals surface area contributed by atoms with Gasteiger partial charge in [0.05, 0.1) is 23.5 Å². The maximum atomic E-state index is 12.3. The van der Waals surface area contributed by atoms with Gasteiger partial charge in [-0.05, 0) is 24.3 Å². The van der Waals surface area contributed by atoms with Crippen LogP contribution in [0.5, 0.6) is 0 Å². The smallest absolute Gasteiger partial charge is 0.230 e. The fourth-order valence-electron chi connectivity index (χ4n) is 2.43. The molecule has 3 aromatic rings. The Morgan fingerprint density at radius 2 is 1.79 bits per heavy atom. The van der Waals surface area contributed by atoms with Gasteiger partial charge in [0.2, 0.25) is 11.8 Å². The maximum Gasteiger partial charge on any atom is 0.230 e. The van der Waals surface area contributed by atoms with Crippen molar-refractivity contribution in [1.29, 1.82) is 0 Å². The summed E-state index contributed by atoms with van der Waals surface area (Å²) in [7, 11) is 3.88. The van der Waals surface area contributed by atoms with Crippen LogP contribution in [-0.4, -0.2) is 25.0 Å². The van der Waals surface area contributed by atoms with Crippen LogP contribution in [0.4, 0.5) is 11.4 Å². The van der Waals surface area contributed by atoms with Crippen molar-refractivity contribution in [2.24, 2.45) is 0 Å². The fourth-order valence-corrected chi connectivity index (χ4v) is 2.43. The Morgan fingerprint density at radius 1 is 1.08 bits per heavy atom. The van der Waals surface area contributed by atoms with E-state index in [1.54, 1.807) is 0 Å². The molecule has 0 fully saturated rings. The van der Waals surface area contributed by atoms with Crippen LogP contribution < -0.4 is 10.2 Å². The van der Waals surface area contributed by atoms with Gasteiger partial charge in [0, 0.05) is 19.7 Å². The molecule has 0 saturated heterocycles. The number of nitrogens with one attached hydrogen (secondary N) is 1. The number of aromatic nitrogens is 1. The summed E-state index contributed by atoms with van der Waals surface area (Å²) in [5, 5.41) is 2.93. The Morgan fingerprint density at radius 3 is 2.54 bits per heavy atom. The maximum absolute atomic E-state index is 12.3. The van der Waals surface area contributed by atoms with Crippen LogP contribution in [0, 0.1) is 0 Å². The number of rotatable bonds is 5. The molecule has 2 aromatic carbocycles. The third-order valence-corrected chi connectivity index (χ3v) is 3.57. The van der Waals surface area contributed by atoms with Gasteiger partial charge in [0.25, 0.3) is 0 Å². The highest BCUT2D eigenvalue weighted by Gasteiger charge is 2.12. The Labute approximate surface area is 140 Å². The van der Waals surface area contributed by atoms with Gasteiger partial charge in [-0.1, -0.05) is 30.3 Å². The van der Waals surface area contributed by atoms with Gasteiger partial charge >= 0.3 is 0 Å². The van der Waals surface area contributed by atoms with Crippen molar-refractivity contribution < 1.29 is 9.21 Å². The zero-order valence-electron chi connectivity index (χ0n) is 13.7. The van der Waals surface area contributed by atoms with E-state index in [9.17, 15) is 4.79 Å². The molecule has 5 nitrogen and oxygen atoms in total. The summed E-state index contributed by atoms with van der Waals surface area (Å²) >= 11 is 0. The lowest BCUT2D eigenvalue weighted by atomic mass is 10.2. The van der Waals surface area contributed by atoms with E-state index >= 15 is 0 Å². The quantitative estimate of drug-likeness (QED) is 0.780. The Hall–Kier alpha value is -3.08. The second-order valence-corrected chi connectivity index (χ2v) is 5.65. The van der Waals surface area contributed by atoms with E-state index in [1.807, 2.05) is 73.6 Å². The first kappa shape index (κ1) is 15.8. The van der Waals surface area contributed by atoms with Gasteiger partial charge in [0.15, 0.2) is 0 Å². The minimum absolute atomic E-state index is 0.128. The summed E-state index contributed by atoms with van der Waals surface area (Å²) in [6, 6.07) is 17.3. The van der Waals surface area contributed by atoms with E-state index < -0.39 is 0 Å². The molecule has 1 aromatic heterocycles. The van der Waals surface area contributed by atoms with Crippen LogP contribution in [0.2, 0.25) is 0 Å². The van der Waals surface area contributed by atoms with Gasteiger partial charge < -0.3 is 14.6 Å². The summed E-state index contributed by atoms with van der Waals surface area (Å²) in [4.78, 5) is 18.6. The lowest BCUT2D eigenvalue weighted by Gasteiger charge is -2.17. The lowest BCUT2D eigenvalue weighted by molar-refractivity contribution is -0.115. The summed E-state index contributed by atoms with van der Waals surface area (Å²) in [6.45, 7) is 0. The van der Waals surface area contributed by atoms with Crippen LogP contribution >= 0.6 is 0 Å². The lowest BCUT2D eigenvalue weighted by Crippen LogP contribution is -2.18. The molecule has 0 saturated carbocycles. The second kappa shape index (κ2) is 7.00. The molecule has 0 aliphatic rings. The van der Waals surface area contributed by atoms with E-state index in [0.29, 0.717) is 11.6 Å². The molecule has 0 unspecified atom stereocenters. The van der Waals surface area contributed by atoms with E-state index in [-0.39, 0.29) is 12.3 Å². The predicted octanol–water partition coefficient (Wildman–Crippen LogP) is 3.59. The summed E-state index contributed by atoms with van der Waals surface area (Å²) < 4.78 is 5.46. The van der Waals surface area contributed by atoms with Crippen LogP contribution in [0.3, 0.4) is 0 Å². The number of carbonyl (C=O) groups is 1. The predicted molar refractivity (Wildman–Crippen MR) is 95.0 cm³/mol. The highest BCUT2D eigenvalue weighted by Crippen LogP contribution is 2.24. The summed E-state index contributed by atoms with van der Waals surface area (Å²) in [6.07, 6.45) is 1.69. The molecule has 0 bridgehead atoms. The molecule has 1 amide bonds. The van der Waals surface area contributed by atoms with Gasteiger partial charge in [-0.2, -0.15) is 0 Å². The zero-order valence-corrected chi connectivity index (χ0v) is 13.7. The Kier molecular flexibility index (Phi) is 4.61. The Balaban J connectivity index is 1.69. The van der Waals surface area contributed by atoms with E-state index in [0.717, 1.165) is 16.9 Å². The number of para-hydroxylation sites is 2. The number of amides is 1. The highest BCUT2D eigenvalue weighted by molar-refractivity contribution is 5.95. The second-order valence-electron chi connectivity index (χ2n) is 5.65. The molecule has 24 heavy (non-hydrogen) atoms. The molecule has 5 heteroatoms. The molecule has 3 rings (SSSR count). The van der Waals surface area contributed by atoms with Gasteiger partial charge in [0.1, 0.15) is 6.26 Å². The van der Waals surface area contributed by atoms with Crippen LogP contribution in [0.1, 0.15) is 5.69 Å². The molecule has 1 heterocycles. The van der Waals surface area contributed by atoms with Gasteiger partial charge in [-0.15, -0.1) is 0 Å². The van der Waals surface area contributed by atoms with Crippen molar-refractivity contribution in [3.63, 3.8) is 0 Å². The monoisotopic (exact) mass is 321 g/mol. The average molecular weight is 321 g/mol. The van der Waals surface area contributed by atoms with Crippen LogP contribution in [0.25, 0.3) is 11.5 Å². The van der Waals surface area contributed by atoms with Crippen LogP contribution in [-0.2, 0) is 11.2 Å². The minimum Gasteiger partial charge on any atom is -0.444 e. The van der Waals surface area contributed by atoms with E-state index in [1.165, 1.54) is 6.26 Å². The molecule has 0 radical (unpaired) electrons. The first-order chi connectivity index (χ1) is 11.6. The molecule has 0 aliphatic carbocycles.